The fraction of sp³-hybridized carbons (Fsp3) is 0.476. The van der Waals surface area contributed by atoms with Gasteiger partial charge < -0.3 is 15.5 Å². The SMILES string of the molecule is C[C@@H](c1ccc2c(c1NC(=O)c1cc(C(C)(O)CO)sc1S(N)(=O)=O)CC2)C1CC1. The van der Waals surface area contributed by atoms with E-state index in [0.717, 1.165) is 29.7 Å². The third-order valence-electron chi connectivity index (χ3n) is 6.18. The van der Waals surface area contributed by atoms with Crippen LogP contribution in [0.15, 0.2) is 22.4 Å². The molecule has 1 heterocycles. The molecule has 30 heavy (non-hydrogen) atoms. The summed E-state index contributed by atoms with van der Waals surface area (Å²) in [6, 6.07) is 5.47. The van der Waals surface area contributed by atoms with Crippen LogP contribution < -0.4 is 10.5 Å². The van der Waals surface area contributed by atoms with Crippen LogP contribution in [0.5, 0.6) is 0 Å². The molecule has 0 bridgehead atoms. The van der Waals surface area contributed by atoms with Gasteiger partial charge in [0.25, 0.3) is 5.91 Å². The van der Waals surface area contributed by atoms with Gasteiger partial charge in [-0.1, -0.05) is 19.1 Å². The maximum atomic E-state index is 13.2. The van der Waals surface area contributed by atoms with E-state index < -0.39 is 28.1 Å². The molecule has 1 amide bonds. The smallest absolute Gasteiger partial charge is 0.257 e. The molecule has 1 saturated carbocycles. The third-order valence-corrected chi connectivity index (χ3v) is 9.05. The zero-order chi connectivity index (χ0) is 21.8. The number of nitrogens with one attached hydrogen (secondary N) is 1. The van der Waals surface area contributed by atoms with Gasteiger partial charge in [-0.2, -0.15) is 0 Å². The fourth-order valence-corrected chi connectivity index (χ4v) is 6.07. The van der Waals surface area contributed by atoms with Gasteiger partial charge in [-0.05, 0) is 67.2 Å². The number of aliphatic hydroxyl groups excluding tert-OH is 1. The number of amides is 1. The van der Waals surface area contributed by atoms with E-state index in [1.54, 1.807) is 0 Å². The van der Waals surface area contributed by atoms with Crippen molar-refractivity contribution in [1.82, 2.24) is 0 Å². The summed E-state index contributed by atoms with van der Waals surface area (Å²) >= 11 is 0.700. The van der Waals surface area contributed by atoms with E-state index in [1.807, 2.05) is 0 Å². The van der Waals surface area contributed by atoms with E-state index in [0.29, 0.717) is 23.2 Å². The highest BCUT2D eigenvalue weighted by molar-refractivity contribution is 7.91. The van der Waals surface area contributed by atoms with Gasteiger partial charge in [0, 0.05) is 10.6 Å². The number of fused-ring (bicyclic) bond motifs is 1. The summed E-state index contributed by atoms with van der Waals surface area (Å²) in [7, 11) is -4.19. The molecular formula is C21H26N2O5S2. The lowest BCUT2D eigenvalue weighted by molar-refractivity contribution is 0.000774. The summed E-state index contributed by atoms with van der Waals surface area (Å²) in [4.78, 5) is 13.3. The van der Waals surface area contributed by atoms with Gasteiger partial charge in [-0.3, -0.25) is 4.79 Å². The number of primary sulfonamides is 1. The fourth-order valence-electron chi connectivity index (χ4n) is 3.96. The second kappa shape index (κ2) is 7.42. The normalized spacial score (nSPS) is 18.8. The molecule has 9 heteroatoms. The molecule has 0 aliphatic heterocycles. The Morgan fingerprint density at radius 1 is 1.37 bits per heavy atom. The number of benzene rings is 1. The molecule has 1 unspecified atom stereocenters. The maximum absolute atomic E-state index is 13.2. The average Bonchev–Trinajstić information content (AvgIpc) is 3.38. The molecular weight excluding hydrogens is 424 g/mol. The van der Waals surface area contributed by atoms with Gasteiger partial charge in [0.2, 0.25) is 10.0 Å². The molecule has 5 N–H and O–H groups in total. The first-order valence-corrected chi connectivity index (χ1v) is 12.4. The number of sulfonamides is 1. The lowest BCUT2D eigenvalue weighted by atomic mass is 9.81. The highest BCUT2D eigenvalue weighted by Crippen LogP contribution is 2.47. The van der Waals surface area contributed by atoms with E-state index >= 15 is 0 Å². The molecule has 7 nitrogen and oxygen atoms in total. The predicted octanol–water partition coefficient (Wildman–Crippen LogP) is 2.46. The van der Waals surface area contributed by atoms with Gasteiger partial charge in [0.05, 0.1) is 12.2 Å². The van der Waals surface area contributed by atoms with E-state index in [2.05, 4.69) is 24.4 Å². The molecule has 2 aliphatic carbocycles. The number of aryl methyl sites for hydroxylation is 1. The van der Waals surface area contributed by atoms with Crippen molar-refractivity contribution in [2.45, 2.75) is 55.3 Å². The van der Waals surface area contributed by atoms with Crippen molar-refractivity contribution in [1.29, 1.82) is 0 Å². The Hall–Kier alpha value is -1.78. The Morgan fingerprint density at radius 2 is 2.07 bits per heavy atom. The van der Waals surface area contributed by atoms with Crippen LogP contribution in [-0.2, 0) is 28.5 Å². The standard InChI is InChI=1S/C21H26N2O5S2/c1-11(12-3-4-12)14-7-5-13-6-8-15(13)18(14)23-19(25)16-9-17(21(2,26)10-24)29-20(16)30(22,27)28/h5,7,9,11-12,24,26H,3-4,6,8,10H2,1-2H3,(H,23,25)(H2,22,27,28)/t11-,21?/m1/s1. The van der Waals surface area contributed by atoms with Gasteiger partial charge in [-0.15, -0.1) is 11.3 Å². The summed E-state index contributed by atoms with van der Waals surface area (Å²) in [6.07, 6.45) is 4.17. The molecule has 1 aromatic carbocycles. The van der Waals surface area contributed by atoms with Crippen LogP contribution in [0.1, 0.15) is 64.5 Å². The largest absolute Gasteiger partial charge is 0.393 e. The van der Waals surface area contributed by atoms with E-state index in [4.69, 9.17) is 5.14 Å². The Labute approximate surface area is 180 Å². The van der Waals surface area contributed by atoms with Crippen molar-refractivity contribution in [3.05, 3.63) is 45.3 Å². The topological polar surface area (TPSA) is 130 Å². The molecule has 0 radical (unpaired) electrons. The van der Waals surface area contributed by atoms with Gasteiger partial charge in [0.1, 0.15) is 9.81 Å². The number of hydrogen-bond acceptors (Lipinski definition) is 6. The van der Waals surface area contributed by atoms with Crippen molar-refractivity contribution in [2.75, 3.05) is 11.9 Å². The van der Waals surface area contributed by atoms with Crippen LogP contribution in [-0.4, -0.2) is 31.1 Å². The minimum absolute atomic E-state index is 0.117. The molecule has 0 saturated heterocycles. The van der Waals surface area contributed by atoms with Crippen LogP contribution in [0.2, 0.25) is 0 Å². The zero-order valence-electron chi connectivity index (χ0n) is 16.9. The molecule has 2 aromatic rings. The Morgan fingerprint density at radius 3 is 2.60 bits per heavy atom. The van der Waals surface area contributed by atoms with Crippen molar-refractivity contribution < 1.29 is 23.4 Å². The van der Waals surface area contributed by atoms with E-state index in [9.17, 15) is 23.4 Å². The summed E-state index contributed by atoms with van der Waals surface area (Å²) in [5.41, 5.74) is 2.34. The Kier molecular flexibility index (Phi) is 5.31. The first-order valence-electron chi connectivity index (χ1n) is 9.99. The van der Waals surface area contributed by atoms with Crippen LogP contribution >= 0.6 is 11.3 Å². The van der Waals surface area contributed by atoms with Gasteiger partial charge in [-0.25, -0.2) is 13.6 Å². The number of nitrogens with two attached hydrogens (primary N) is 1. The summed E-state index contributed by atoms with van der Waals surface area (Å²) in [5.74, 6) is 0.322. The molecule has 1 fully saturated rings. The van der Waals surface area contributed by atoms with E-state index in [1.165, 1.54) is 31.4 Å². The molecule has 0 spiro atoms. The zero-order valence-corrected chi connectivity index (χ0v) is 18.6. The number of aliphatic hydroxyl groups is 2. The number of hydrogen-bond donors (Lipinski definition) is 4. The number of anilines is 1. The Bertz CT molecular complexity index is 1120. The number of thiophene rings is 1. The number of carbonyl (C=O) groups excluding carboxylic acids is 1. The second-order valence-electron chi connectivity index (χ2n) is 8.54. The summed E-state index contributed by atoms with van der Waals surface area (Å²) in [5, 5.41) is 28.1. The molecule has 1 aromatic heterocycles. The molecule has 4 rings (SSSR count). The molecule has 162 valence electrons. The highest BCUT2D eigenvalue weighted by Gasteiger charge is 2.35. The van der Waals surface area contributed by atoms with E-state index in [-0.39, 0.29) is 14.6 Å². The van der Waals surface area contributed by atoms with Crippen molar-refractivity contribution in [2.24, 2.45) is 11.1 Å². The predicted molar refractivity (Wildman–Crippen MR) is 115 cm³/mol. The maximum Gasteiger partial charge on any atom is 0.257 e. The second-order valence-corrected chi connectivity index (χ2v) is 11.3. The number of rotatable bonds is 7. The quantitative estimate of drug-likeness (QED) is 0.515. The van der Waals surface area contributed by atoms with Crippen LogP contribution in [0.4, 0.5) is 5.69 Å². The number of carbonyl (C=O) groups is 1. The summed E-state index contributed by atoms with van der Waals surface area (Å²) in [6.45, 7) is 2.89. The first kappa shape index (κ1) is 21.5. The first-order chi connectivity index (χ1) is 14.0. The van der Waals surface area contributed by atoms with Crippen LogP contribution in [0.3, 0.4) is 0 Å². The minimum Gasteiger partial charge on any atom is -0.393 e. The lowest BCUT2D eigenvalue weighted by Gasteiger charge is -2.27. The van der Waals surface area contributed by atoms with Gasteiger partial charge in [0.15, 0.2) is 0 Å². The van der Waals surface area contributed by atoms with Crippen molar-refractivity contribution >= 4 is 33.0 Å². The Balaban J connectivity index is 1.74. The highest BCUT2D eigenvalue weighted by atomic mass is 32.2. The molecule has 2 aliphatic rings. The van der Waals surface area contributed by atoms with Gasteiger partial charge >= 0.3 is 0 Å². The monoisotopic (exact) mass is 450 g/mol. The van der Waals surface area contributed by atoms with Crippen LogP contribution in [0, 0.1) is 5.92 Å². The minimum atomic E-state index is -4.19. The average molecular weight is 451 g/mol. The molecule has 2 atom stereocenters. The lowest BCUT2D eigenvalue weighted by Crippen LogP contribution is -2.24. The van der Waals surface area contributed by atoms with Crippen molar-refractivity contribution in [3.63, 3.8) is 0 Å². The van der Waals surface area contributed by atoms with Crippen LogP contribution in [0.25, 0.3) is 0 Å². The third kappa shape index (κ3) is 3.80. The summed E-state index contributed by atoms with van der Waals surface area (Å²) < 4.78 is 23.9. The van der Waals surface area contributed by atoms with Crippen molar-refractivity contribution in [3.8, 4) is 0 Å².